The summed E-state index contributed by atoms with van der Waals surface area (Å²) in [6.07, 6.45) is 2.43. The lowest BCUT2D eigenvalue weighted by molar-refractivity contribution is -0.135. The van der Waals surface area contributed by atoms with E-state index < -0.39 is 5.41 Å². The smallest absolute Gasteiger partial charge is 0.241 e. The zero-order valence-corrected chi connectivity index (χ0v) is 11.5. The Bertz CT molecular complexity index is 303. The van der Waals surface area contributed by atoms with Crippen LogP contribution in [0.15, 0.2) is 0 Å². The van der Waals surface area contributed by atoms with E-state index in [4.69, 9.17) is 0 Å². The molecule has 2 amide bonds. The molecule has 0 aromatic heterocycles. The first kappa shape index (κ1) is 14.0. The fraction of sp³-hybridized carbons (Fsp3) is 0.846. The molecule has 4 nitrogen and oxygen atoms in total. The van der Waals surface area contributed by atoms with E-state index in [0.717, 1.165) is 0 Å². The molecule has 17 heavy (non-hydrogen) atoms. The van der Waals surface area contributed by atoms with E-state index in [2.05, 4.69) is 12.2 Å². The van der Waals surface area contributed by atoms with Gasteiger partial charge in [-0.15, -0.1) is 0 Å². The van der Waals surface area contributed by atoms with Crippen LogP contribution in [0, 0.1) is 11.3 Å². The molecule has 1 rings (SSSR count). The van der Waals surface area contributed by atoms with Gasteiger partial charge < -0.3 is 10.2 Å². The second kappa shape index (κ2) is 5.07. The van der Waals surface area contributed by atoms with Crippen LogP contribution in [0.4, 0.5) is 0 Å². The molecule has 0 heterocycles. The van der Waals surface area contributed by atoms with Gasteiger partial charge >= 0.3 is 0 Å². The van der Waals surface area contributed by atoms with Gasteiger partial charge in [0.05, 0.1) is 6.54 Å². The number of hydrogen-bond acceptors (Lipinski definition) is 2. The van der Waals surface area contributed by atoms with E-state index >= 15 is 0 Å². The Morgan fingerprint density at radius 2 is 1.88 bits per heavy atom. The van der Waals surface area contributed by atoms with E-state index in [1.54, 1.807) is 4.90 Å². The van der Waals surface area contributed by atoms with Crippen molar-refractivity contribution in [3.8, 4) is 0 Å². The van der Waals surface area contributed by atoms with Crippen LogP contribution in [0.25, 0.3) is 0 Å². The normalized spacial score (nSPS) is 17.5. The Morgan fingerprint density at radius 1 is 1.35 bits per heavy atom. The average molecular weight is 240 g/mol. The van der Waals surface area contributed by atoms with Gasteiger partial charge in [0.15, 0.2) is 0 Å². The molecule has 1 atom stereocenters. The molecular weight excluding hydrogens is 216 g/mol. The highest BCUT2D eigenvalue weighted by atomic mass is 16.2. The van der Waals surface area contributed by atoms with E-state index in [9.17, 15) is 9.59 Å². The standard InChI is InChI=1S/C13H24N2O2/c1-9(10-6-7-10)15(5)11(16)8-14-12(17)13(2,3)4/h9-10H,6-8H2,1-5H3,(H,14,17). The van der Waals surface area contributed by atoms with Crippen molar-refractivity contribution in [1.29, 1.82) is 0 Å². The molecule has 0 aliphatic heterocycles. The average Bonchev–Trinajstić information content (AvgIpc) is 3.05. The van der Waals surface area contributed by atoms with Crippen molar-refractivity contribution in [3.05, 3.63) is 0 Å². The van der Waals surface area contributed by atoms with Gasteiger partial charge in [0.2, 0.25) is 11.8 Å². The monoisotopic (exact) mass is 240 g/mol. The summed E-state index contributed by atoms with van der Waals surface area (Å²) >= 11 is 0. The molecule has 0 bridgehead atoms. The summed E-state index contributed by atoms with van der Waals surface area (Å²) in [4.78, 5) is 25.2. The van der Waals surface area contributed by atoms with E-state index in [1.807, 2.05) is 27.8 Å². The zero-order chi connectivity index (χ0) is 13.2. The van der Waals surface area contributed by atoms with Crippen molar-refractivity contribution < 1.29 is 9.59 Å². The summed E-state index contributed by atoms with van der Waals surface area (Å²) in [6, 6.07) is 0.286. The Balaban J connectivity index is 2.36. The zero-order valence-electron chi connectivity index (χ0n) is 11.5. The molecule has 1 saturated carbocycles. The van der Waals surface area contributed by atoms with Crippen LogP contribution in [0.3, 0.4) is 0 Å². The first-order valence-corrected chi connectivity index (χ1v) is 6.27. The lowest BCUT2D eigenvalue weighted by Gasteiger charge is -2.26. The van der Waals surface area contributed by atoms with Gasteiger partial charge in [-0.2, -0.15) is 0 Å². The van der Waals surface area contributed by atoms with Crippen LogP contribution in [-0.2, 0) is 9.59 Å². The number of rotatable bonds is 4. The number of hydrogen-bond donors (Lipinski definition) is 1. The molecule has 1 N–H and O–H groups in total. The van der Waals surface area contributed by atoms with E-state index in [-0.39, 0.29) is 24.4 Å². The minimum Gasteiger partial charge on any atom is -0.347 e. The summed E-state index contributed by atoms with van der Waals surface area (Å²) in [5.41, 5.74) is -0.443. The lowest BCUT2D eigenvalue weighted by Crippen LogP contribution is -2.45. The molecular formula is C13H24N2O2. The molecule has 0 aromatic carbocycles. The van der Waals surface area contributed by atoms with Gasteiger partial charge in [0.1, 0.15) is 0 Å². The lowest BCUT2D eigenvalue weighted by atomic mass is 9.96. The van der Waals surface area contributed by atoms with E-state index in [0.29, 0.717) is 5.92 Å². The number of nitrogens with zero attached hydrogens (tertiary/aromatic N) is 1. The number of likely N-dealkylation sites (N-methyl/N-ethyl adjacent to an activating group) is 1. The SMILES string of the molecule is CC(C1CC1)N(C)C(=O)CNC(=O)C(C)(C)C. The Kier molecular flexibility index (Phi) is 4.17. The van der Waals surface area contributed by atoms with Crippen LogP contribution in [0.1, 0.15) is 40.5 Å². The van der Waals surface area contributed by atoms with Gasteiger partial charge in [-0.3, -0.25) is 9.59 Å². The topological polar surface area (TPSA) is 49.4 Å². The predicted molar refractivity (Wildman–Crippen MR) is 67.4 cm³/mol. The van der Waals surface area contributed by atoms with Gasteiger partial charge in [0.25, 0.3) is 0 Å². The van der Waals surface area contributed by atoms with Gasteiger partial charge in [-0.05, 0) is 25.7 Å². The molecule has 1 aliphatic carbocycles. The third-order valence-corrected chi connectivity index (χ3v) is 3.39. The Labute approximate surface area is 104 Å². The van der Waals surface area contributed by atoms with Crippen LogP contribution in [-0.4, -0.2) is 36.3 Å². The predicted octanol–water partition coefficient (Wildman–Crippen LogP) is 1.41. The molecule has 0 saturated heterocycles. The van der Waals surface area contributed by atoms with Crippen molar-refractivity contribution in [2.75, 3.05) is 13.6 Å². The summed E-state index contributed by atoms with van der Waals surface area (Å²) in [6.45, 7) is 7.68. The molecule has 98 valence electrons. The number of amides is 2. The minimum atomic E-state index is -0.443. The van der Waals surface area contributed by atoms with E-state index in [1.165, 1.54) is 12.8 Å². The van der Waals surface area contributed by atoms with Gasteiger partial charge in [0, 0.05) is 18.5 Å². The molecule has 1 unspecified atom stereocenters. The summed E-state index contributed by atoms with van der Waals surface area (Å²) in [7, 11) is 1.81. The van der Waals surface area contributed by atoms with Crippen LogP contribution < -0.4 is 5.32 Å². The second-order valence-electron chi connectivity index (χ2n) is 6.02. The van der Waals surface area contributed by atoms with Crippen molar-refractivity contribution in [2.24, 2.45) is 11.3 Å². The number of nitrogens with one attached hydrogen (secondary N) is 1. The van der Waals surface area contributed by atoms with Crippen LogP contribution in [0.2, 0.25) is 0 Å². The maximum absolute atomic E-state index is 11.9. The van der Waals surface area contributed by atoms with Crippen molar-refractivity contribution in [3.63, 3.8) is 0 Å². The summed E-state index contributed by atoms with van der Waals surface area (Å²) in [5.74, 6) is 0.558. The highest BCUT2D eigenvalue weighted by Gasteiger charge is 2.32. The molecule has 1 aliphatic rings. The first-order valence-electron chi connectivity index (χ1n) is 6.27. The van der Waals surface area contributed by atoms with Crippen LogP contribution >= 0.6 is 0 Å². The molecule has 0 spiro atoms. The fourth-order valence-electron chi connectivity index (χ4n) is 1.67. The molecule has 1 fully saturated rings. The summed E-state index contributed by atoms with van der Waals surface area (Å²) < 4.78 is 0. The summed E-state index contributed by atoms with van der Waals surface area (Å²) in [5, 5.41) is 2.69. The van der Waals surface area contributed by atoms with Gasteiger partial charge in [-0.25, -0.2) is 0 Å². The maximum Gasteiger partial charge on any atom is 0.241 e. The quantitative estimate of drug-likeness (QED) is 0.807. The molecule has 0 radical (unpaired) electrons. The third kappa shape index (κ3) is 4.02. The second-order valence-corrected chi connectivity index (χ2v) is 6.02. The fourth-order valence-corrected chi connectivity index (χ4v) is 1.67. The minimum absolute atomic E-state index is 0.0120. The highest BCUT2D eigenvalue weighted by molar-refractivity contribution is 5.87. The number of carbonyl (C=O) groups excluding carboxylic acids is 2. The Morgan fingerprint density at radius 3 is 2.29 bits per heavy atom. The van der Waals surface area contributed by atoms with Crippen molar-refractivity contribution >= 4 is 11.8 Å². The highest BCUT2D eigenvalue weighted by Crippen LogP contribution is 2.34. The number of carbonyl (C=O) groups is 2. The maximum atomic E-state index is 11.9. The molecule has 4 heteroatoms. The van der Waals surface area contributed by atoms with Crippen molar-refractivity contribution in [2.45, 2.75) is 46.6 Å². The van der Waals surface area contributed by atoms with Gasteiger partial charge in [-0.1, -0.05) is 20.8 Å². The Hall–Kier alpha value is -1.06. The van der Waals surface area contributed by atoms with Crippen LogP contribution in [0.5, 0.6) is 0 Å². The molecule has 0 aromatic rings. The van der Waals surface area contributed by atoms with Crippen molar-refractivity contribution in [1.82, 2.24) is 10.2 Å². The largest absolute Gasteiger partial charge is 0.347 e. The third-order valence-electron chi connectivity index (χ3n) is 3.39. The first-order chi connectivity index (χ1) is 7.73.